The average Bonchev–Trinajstić information content (AvgIpc) is 3.11. The van der Waals surface area contributed by atoms with Gasteiger partial charge in [-0.3, -0.25) is 0 Å². The summed E-state index contributed by atoms with van der Waals surface area (Å²) in [5, 5.41) is 23.1. The second kappa shape index (κ2) is 11.7. The van der Waals surface area contributed by atoms with Crippen molar-refractivity contribution in [2.24, 2.45) is 0 Å². The molecule has 0 fully saturated rings. The van der Waals surface area contributed by atoms with Gasteiger partial charge in [-0.15, -0.1) is 0 Å². The van der Waals surface area contributed by atoms with E-state index in [0.717, 1.165) is 10.9 Å². The third kappa shape index (κ3) is 5.21. The van der Waals surface area contributed by atoms with E-state index in [-0.39, 0.29) is 5.41 Å². The highest BCUT2D eigenvalue weighted by atomic mass is 16.5. The molecule has 2 heteroatoms. The minimum absolute atomic E-state index is 0.0620. The Morgan fingerprint density at radius 2 is 1.10 bits per heavy atom. The molecule has 0 heterocycles. The standard InChI is InChI=1S/C46H42O2/c1-6-43(47)35-15-12-31-22-34(14-11-32(31)23-35)42-26-41(33-13-10-29-20-28(27-48-7-2)8-9-30(29)21-33)39-18-16-36-24-38(46(3,4)5)25-37-17-19-40(42)45(39)44(36)37/h8-26,43,47H,6-7,27H2,1-5H3. The summed E-state index contributed by atoms with van der Waals surface area (Å²) in [6, 6.07) is 43.2. The van der Waals surface area contributed by atoms with Crippen LogP contribution in [0.25, 0.3) is 76.1 Å². The predicted molar refractivity (Wildman–Crippen MR) is 205 cm³/mol. The summed E-state index contributed by atoms with van der Waals surface area (Å²) in [5.41, 5.74) is 8.48. The van der Waals surface area contributed by atoms with Crippen LogP contribution in [0.5, 0.6) is 0 Å². The molecule has 0 aliphatic rings. The average molecular weight is 627 g/mol. The Bertz CT molecular complexity index is 2460. The van der Waals surface area contributed by atoms with Crippen LogP contribution in [-0.4, -0.2) is 11.7 Å². The number of rotatable bonds is 7. The smallest absolute Gasteiger partial charge is 0.0787 e. The minimum Gasteiger partial charge on any atom is -0.388 e. The molecule has 238 valence electrons. The second-order valence-electron chi connectivity index (χ2n) is 14.4. The maximum Gasteiger partial charge on any atom is 0.0787 e. The van der Waals surface area contributed by atoms with Crippen molar-refractivity contribution in [3.63, 3.8) is 0 Å². The summed E-state index contributed by atoms with van der Waals surface area (Å²) in [6.45, 7) is 12.3. The van der Waals surface area contributed by atoms with E-state index in [1.807, 2.05) is 13.8 Å². The van der Waals surface area contributed by atoms with E-state index < -0.39 is 6.10 Å². The molecule has 0 aromatic heterocycles. The maximum atomic E-state index is 10.5. The predicted octanol–water partition coefficient (Wildman–Crippen LogP) is 12.5. The first kappa shape index (κ1) is 30.6. The summed E-state index contributed by atoms with van der Waals surface area (Å²) >= 11 is 0. The molecule has 48 heavy (non-hydrogen) atoms. The molecule has 0 bridgehead atoms. The van der Waals surface area contributed by atoms with E-state index in [4.69, 9.17) is 4.74 Å². The lowest BCUT2D eigenvalue weighted by Crippen LogP contribution is -2.10. The first-order valence-corrected chi connectivity index (χ1v) is 17.3. The van der Waals surface area contributed by atoms with E-state index in [0.29, 0.717) is 19.6 Å². The normalized spacial score (nSPS) is 13.0. The Hall–Kier alpha value is -4.76. The molecule has 2 nitrogen and oxygen atoms in total. The lowest BCUT2D eigenvalue weighted by atomic mass is 9.81. The van der Waals surface area contributed by atoms with E-state index in [2.05, 4.69) is 136 Å². The van der Waals surface area contributed by atoms with Crippen LogP contribution in [-0.2, 0) is 16.8 Å². The first-order valence-electron chi connectivity index (χ1n) is 17.3. The molecule has 0 spiro atoms. The molecule has 1 N–H and O–H groups in total. The monoisotopic (exact) mass is 626 g/mol. The van der Waals surface area contributed by atoms with Crippen LogP contribution in [0.4, 0.5) is 0 Å². The van der Waals surface area contributed by atoms with Gasteiger partial charge in [-0.05, 0) is 142 Å². The Kier molecular flexibility index (Phi) is 7.47. The number of benzene rings is 8. The number of hydrogen-bond acceptors (Lipinski definition) is 2. The highest BCUT2D eigenvalue weighted by Gasteiger charge is 2.20. The summed E-state index contributed by atoms with van der Waals surface area (Å²) in [7, 11) is 0. The molecule has 0 saturated carbocycles. The van der Waals surface area contributed by atoms with Crippen LogP contribution in [0.2, 0.25) is 0 Å². The zero-order valence-electron chi connectivity index (χ0n) is 28.5. The molecule has 0 amide bonds. The molecule has 0 radical (unpaired) electrons. The Morgan fingerprint density at radius 3 is 1.69 bits per heavy atom. The van der Waals surface area contributed by atoms with Crippen LogP contribution in [0.15, 0.2) is 115 Å². The van der Waals surface area contributed by atoms with Crippen molar-refractivity contribution < 1.29 is 9.84 Å². The van der Waals surface area contributed by atoms with Gasteiger partial charge in [-0.25, -0.2) is 0 Å². The van der Waals surface area contributed by atoms with E-state index >= 15 is 0 Å². The molecule has 1 unspecified atom stereocenters. The molecule has 8 aromatic carbocycles. The van der Waals surface area contributed by atoms with Crippen molar-refractivity contribution in [2.75, 3.05) is 6.61 Å². The fourth-order valence-electron chi connectivity index (χ4n) is 7.47. The minimum atomic E-state index is -0.439. The molecule has 8 rings (SSSR count). The lowest BCUT2D eigenvalue weighted by Gasteiger charge is -2.23. The van der Waals surface area contributed by atoms with Crippen molar-refractivity contribution in [3.05, 3.63) is 132 Å². The van der Waals surface area contributed by atoms with Gasteiger partial charge in [0.2, 0.25) is 0 Å². The molecule has 0 aliphatic heterocycles. The Balaban J connectivity index is 1.38. The topological polar surface area (TPSA) is 29.5 Å². The van der Waals surface area contributed by atoms with Crippen LogP contribution in [0.3, 0.4) is 0 Å². The number of hydrogen-bond donors (Lipinski definition) is 1. The van der Waals surface area contributed by atoms with Crippen molar-refractivity contribution in [1.29, 1.82) is 0 Å². The van der Waals surface area contributed by atoms with Gasteiger partial charge in [0.15, 0.2) is 0 Å². The molecular weight excluding hydrogens is 585 g/mol. The van der Waals surface area contributed by atoms with E-state index in [9.17, 15) is 5.11 Å². The SMILES string of the molecule is CCOCc1ccc2cc(-c3cc(-c4ccc5cc(C(O)CC)ccc5c4)c4ccc5cc(C(C)(C)C)cc6ccc3c4c65)ccc2c1. The fourth-order valence-corrected chi connectivity index (χ4v) is 7.47. The van der Waals surface area contributed by atoms with Gasteiger partial charge in [-0.1, -0.05) is 113 Å². The summed E-state index contributed by atoms with van der Waals surface area (Å²) < 4.78 is 5.68. The van der Waals surface area contributed by atoms with Crippen LogP contribution in [0, 0.1) is 0 Å². The molecule has 0 aliphatic carbocycles. The van der Waals surface area contributed by atoms with E-state index in [1.54, 1.807) is 0 Å². The number of aliphatic hydroxyl groups is 1. The van der Waals surface area contributed by atoms with Crippen LogP contribution in [0.1, 0.15) is 63.8 Å². The number of fused-ring (bicyclic) bond motifs is 2. The largest absolute Gasteiger partial charge is 0.388 e. The van der Waals surface area contributed by atoms with Crippen molar-refractivity contribution in [3.8, 4) is 22.3 Å². The zero-order chi connectivity index (χ0) is 33.2. The van der Waals surface area contributed by atoms with Crippen LogP contribution >= 0.6 is 0 Å². The van der Waals surface area contributed by atoms with Crippen LogP contribution < -0.4 is 0 Å². The van der Waals surface area contributed by atoms with Gasteiger partial charge in [0.1, 0.15) is 0 Å². The van der Waals surface area contributed by atoms with Gasteiger partial charge < -0.3 is 9.84 Å². The highest BCUT2D eigenvalue weighted by Crippen LogP contribution is 2.45. The van der Waals surface area contributed by atoms with Gasteiger partial charge in [-0.2, -0.15) is 0 Å². The van der Waals surface area contributed by atoms with Gasteiger partial charge in [0.05, 0.1) is 12.7 Å². The third-order valence-corrected chi connectivity index (χ3v) is 10.2. The Morgan fingerprint density at radius 1 is 0.562 bits per heavy atom. The quantitative estimate of drug-likeness (QED) is 0.178. The third-order valence-electron chi connectivity index (χ3n) is 10.2. The van der Waals surface area contributed by atoms with Gasteiger partial charge in [0.25, 0.3) is 0 Å². The van der Waals surface area contributed by atoms with Gasteiger partial charge >= 0.3 is 0 Å². The Labute approximate surface area is 282 Å². The summed E-state index contributed by atoms with van der Waals surface area (Å²) in [6.07, 6.45) is 0.265. The van der Waals surface area contributed by atoms with Gasteiger partial charge in [0, 0.05) is 6.61 Å². The van der Waals surface area contributed by atoms with Crippen molar-refractivity contribution in [2.45, 2.75) is 59.2 Å². The fraction of sp³-hybridized carbons (Fsp3) is 0.217. The van der Waals surface area contributed by atoms with Crippen molar-refractivity contribution >= 4 is 53.9 Å². The molecule has 0 saturated heterocycles. The summed E-state index contributed by atoms with van der Waals surface area (Å²) in [5.74, 6) is 0. The molecular formula is C46H42O2. The second-order valence-corrected chi connectivity index (χ2v) is 14.4. The zero-order valence-corrected chi connectivity index (χ0v) is 28.5. The summed E-state index contributed by atoms with van der Waals surface area (Å²) in [4.78, 5) is 0. The maximum absolute atomic E-state index is 10.5. The van der Waals surface area contributed by atoms with E-state index in [1.165, 1.54) is 81.9 Å². The lowest BCUT2D eigenvalue weighted by molar-refractivity contribution is 0.134. The van der Waals surface area contributed by atoms with Crippen molar-refractivity contribution in [1.82, 2.24) is 0 Å². The number of aliphatic hydroxyl groups excluding tert-OH is 1. The number of ether oxygens (including phenoxy) is 1. The molecule has 8 aromatic rings. The highest BCUT2D eigenvalue weighted by molar-refractivity contribution is 6.28. The first-order chi connectivity index (χ1) is 23.2. The molecule has 1 atom stereocenters.